The highest BCUT2D eigenvalue weighted by Gasteiger charge is 2.46. The fourth-order valence-corrected chi connectivity index (χ4v) is 3.78. The average molecular weight is 447 g/mol. The molecule has 3 aromatic rings. The van der Waals surface area contributed by atoms with Crippen molar-refractivity contribution in [2.45, 2.75) is 12.6 Å². The van der Waals surface area contributed by atoms with Crippen molar-refractivity contribution in [2.75, 3.05) is 14.2 Å². The molecule has 1 aliphatic heterocycles. The standard InChI is InChI=1S/C25H21NO7/c1-31-18-11-9-16(10-12-18)22(27)20-21(15-5-7-17(8-6-15)25(30)32-2)26(24(29)23(20)28)14-19-4-3-13-33-19/h3-13,21,27H,14H2,1-2H3/b22-20+/t21-/m0/s1. The molecule has 4 rings (SSSR count). The molecule has 33 heavy (non-hydrogen) atoms. The predicted molar refractivity (Wildman–Crippen MR) is 117 cm³/mol. The van der Waals surface area contributed by atoms with Crippen LogP contribution in [0.1, 0.15) is 33.3 Å². The van der Waals surface area contributed by atoms with Gasteiger partial charge >= 0.3 is 5.97 Å². The predicted octanol–water partition coefficient (Wildman–Crippen LogP) is 3.70. The number of hydrogen-bond acceptors (Lipinski definition) is 7. The average Bonchev–Trinajstić information content (AvgIpc) is 3.45. The normalized spacial score (nSPS) is 17.3. The van der Waals surface area contributed by atoms with Crippen LogP contribution in [0.15, 0.2) is 76.9 Å². The van der Waals surface area contributed by atoms with Crippen LogP contribution in [0.25, 0.3) is 5.76 Å². The van der Waals surface area contributed by atoms with E-state index in [4.69, 9.17) is 13.9 Å². The number of nitrogens with zero attached hydrogens (tertiary/aromatic N) is 1. The van der Waals surface area contributed by atoms with Gasteiger partial charge in [-0.3, -0.25) is 9.59 Å². The van der Waals surface area contributed by atoms with Crippen molar-refractivity contribution in [1.82, 2.24) is 4.90 Å². The summed E-state index contributed by atoms with van der Waals surface area (Å²) in [7, 11) is 2.80. The molecule has 0 spiro atoms. The molecule has 0 bridgehead atoms. The maximum atomic E-state index is 13.0. The summed E-state index contributed by atoms with van der Waals surface area (Å²) in [6.45, 7) is 0.0282. The number of esters is 1. The maximum Gasteiger partial charge on any atom is 0.337 e. The smallest absolute Gasteiger partial charge is 0.337 e. The van der Waals surface area contributed by atoms with Crippen molar-refractivity contribution in [2.24, 2.45) is 0 Å². The van der Waals surface area contributed by atoms with Gasteiger partial charge in [0.25, 0.3) is 11.7 Å². The van der Waals surface area contributed by atoms with Crippen LogP contribution in [0, 0.1) is 0 Å². The van der Waals surface area contributed by atoms with Crippen LogP contribution in [0.2, 0.25) is 0 Å². The van der Waals surface area contributed by atoms with Gasteiger partial charge in [0, 0.05) is 5.56 Å². The van der Waals surface area contributed by atoms with Crippen molar-refractivity contribution >= 4 is 23.4 Å². The molecular formula is C25H21NO7. The van der Waals surface area contributed by atoms with Crippen molar-refractivity contribution < 1.29 is 33.4 Å². The third-order valence-corrected chi connectivity index (χ3v) is 5.46. The first-order valence-corrected chi connectivity index (χ1v) is 10.1. The number of methoxy groups -OCH3 is 2. The summed E-state index contributed by atoms with van der Waals surface area (Å²) in [5.74, 6) is -1.32. The summed E-state index contributed by atoms with van der Waals surface area (Å²) in [6, 6.07) is 15.3. The number of Topliss-reactive ketones (excluding diaryl/α,β-unsaturated/α-hetero) is 1. The van der Waals surface area contributed by atoms with Gasteiger partial charge in [-0.05, 0) is 54.1 Å². The number of amides is 1. The van der Waals surface area contributed by atoms with Crippen LogP contribution < -0.4 is 4.74 Å². The first-order valence-electron chi connectivity index (χ1n) is 10.1. The van der Waals surface area contributed by atoms with Crippen LogP contribution in [0.3, 0.4) is 0 Å². The van der Waals surface area contributed by atoms with Gasteiger partial charge in [0.2, 0.25) is 0 Å². The SMILES string of the molecule is COC(=O)c1ccc([C@H]2/C(=C(\O)c3ccc(OC)cc3)C(=O)C(=O)N2Cc2ccco2)cc1. The van der Waals surface area contributed by atoms with Crippen molar-refractivity contribution in [3.05, 3.63) is 95.0 Å². The van der Waals surface area contributed by atoms with E-state index < -0.39 is 23.7 Å². The monoisotopic (exact) mass is 447 g/mol. The fourth-order valence-electron chi connectivity index (χ4n) is 3.78. The number of aliphatic hydroxyl groups excluding tert-OH is 1. The molecule has 1 N–H and O–H groups in total. The maximum absolute atomic E-state index is 13.0. The van der Waals surface area contributed by atoms with Gasteiger partial charge in [0.15, 0.2) is 0 Å². The lowest BCUT2D eigenvalue weighted by Gasteiger charge is -2.24. The summed E-state index contributed by atoms with van der Waals surface area (Å²) in [5, 5.41) is 11.1. The van der Waals surface area contributed by atoms with Crippen molar-refractivity contribution in [1.29, 1.82) is 0 Å². The second-order valence-electron chi connectivity index (χ2n) is 7.35. The molecule has 0 aliphatic carbocycles. The van der Waals surface area contributed by atoms with Gasteiger partial charge in [-0.25, -0.2) is 4.79 Å². The molecule has 0 radical (unpaired) electrons. The summed E-state index contributed by atoms with van der Waals surface area (Å²) < 4.78 is 15.3. The zero-order valence-electron chi connectivity index (χ0n) is 18.0. The lowest BCUT2D eigenvalue weighted by Crippen LogP contribution is -2.29. The Morgan fingerprint density at radius 1 is 1.00 bits per heavy atom. The number of ether oxygens (including phenoxy) is 2. The Labute approximate surface area is 189 Å². The Morgan fingerprint density at radius 3 is 2.24 bits per heavy atom. The lowest BCUT2D eigenvalue weighted by atomic mass is 9.94. The zero-order valence-corrected chi connectivity index (χ0v) is 18.0. The molecule has 1 fully saturated rings. The highest BCUT2D eigenvalue weighted by Crippen LogP contribution is 2.40. The number of ketones is 1. The third kappa shape index (κ3) is 4.10. The van der Waals surface area contributed by atoms with Crippen LogP contribution in [0.4, 0.5) is 0 Å². The van der Waals surface area contributed by atoms with Gasteiger partial charge in [0.1, 0.15) is 17.3 Å². The van der Waals surface area contributed by atoms with E-state index >= 15 is 0 Å². The number of carbonyl (C=O) groups excluding carboxylic acids is 3. The largest absolute Gasteiger partial charge is 0.507 e. The number of furan rings is 1. The molecule has 1 aromatic heterocycles. The van der Waals surface area contributed by atoms with E-state index in [-0.39, 0.29) is 17.9 Å². The van der Waals surface area contributed by atoms with Crippen LogP contribution in [-0.2, 0) is 20.9 Å². The lowest BCUT2D eigenvalue weighted by molar-refractivity contribution is -0.140. The Kier molecular flexibility index (Phi) is 5.99. The molecule has 1 amide bonds. The van der Waals surface area contributed by atoms with Gasteiger partial charge in [-0.15, -0.1) is 0 Å². The number of rotatable bonds is 6. The van der Waals surface area contributed by atoms with E-state index in [0.29, 0.717) is 28.2 Å². The van der Waals surface area contributed by atoms with E-state index in [2.05, 4.69) is 0 Å². The summed E-state index contributed by atoms with van der Waals surface area (Å²) in [6.07, 6.45) is 1.48. The zero-order chi connectivity index (χ0) is 23.5. The molecular weight excluding hydrogens is 426 g/mol. The molecule has 1 atom stereocenters. The molecule has 0 unspecified atom stereocenters. The number of hydrogen-bond donors (Lipinski definition) is 1. The van der Waals surface area contributed by atoms with Gasteiger partial charge in [-0.2, -0.15) is 0 Å². The van der Waals surface area contributed by atoms with Gasteiger partial charge < -0.3 is 23.9 Å². The summed E-state index contributed by atoms with van der Waals surface area (Å²) >= 11 is 0. The molecule has 2 aromatic carbocycles. The number of carbonyl (C=O) groups is 3. The van der Waals surface area contributed by atoms with Gasteiger partial charge in [0.05, 0.1) is 44.2 Å². The first kappa shape index (κ1) is 21.9. The number of aliphatic hydroxyl groups is 1. The Balaban J connectivity index is 1.82. The molecule has 8 nitrogen and oxygen atoms in total. The van der Waals surface area contributed by atoms with E-state index in [0.717, 1.165) is 0 Å². The topological polar surface area (TPSA) is 106 Å². The molecule has 1 saturated heterocycles. The molecule has 2 heterocycles. The molecule has 168 valence electrons. The van der Waals surface area contributed by atoms with Gasteiger partial charge in [-0.1, -0.05) is 12.1 Å². The fraction of sp³-hybridized carbons (Fsp3) is 0.160. The van der Waals surface area contributed by atoms with Crippen LogP contribution in [-0.4, -0.2) is 41.9 Å². The van der Waals surface area contributed by atoms with Crippen LogP contribution in [0.5, 0.6) is 5.75 Å². The van der Waals surface area contributed by atoms with Crippen molar-refractivity contribution in [3.8, 4) is 5.75 Å². The first-order chi connectivity index (χ1) is 15.9. The Bertz CT molecular complexity index is 1210. The molecule has 1 aliphatic rings. The number of benzene rings is 2. The highest BCUT2D eigenvalue weighted by molar-refractivity contribution is 6.46. The molecule has 0 saturated carbocycles. The minimum atomic E-state index is -0.885. The summed E-state index contributed by atoms with van der Waals surface area (Å²) in [5.41, 5.74) is 1.17. The Morgan fingerprint density at radius 2 is 1.67 bits per heavy atom. The molecule has 8 heteroatoms. The Hall–Kier alpha value is -4.33. The van der Waals surface area contributed by atoms with E-state index in [1.807, 2.05) is 0 Å². The summed E-state index contributed by atoms with van der Waals surface area (Å²) in [4.78, 5) is 39.2. The van der Waals surface area contributed by atoms with E-state index in [1.54, 1.807) is 60.7 Å². The van der Waals surface area contributed by atoms with E-state index in [9.17, 15) is 19.5 Å². The third-order valence-electron chi connectivity index (χ3n) is 5.46. The second kappa shape index (κ2) is 9.04. The highest BCUT2D eigenvalue weighted by atomic mass is 16.5. The number of likely N-dealkylation sites (tertiary alicyclic amines) is 1. The van der Waals surface area contributed by atoms with E-state index in [1.165, 1.54) is 25.4 Å². The minimum absolute atomic E-state index is 0.0282. The van der Waals surface area contributed by atoms with Crippen molar-refractivity contribution in [3.63, 3.8) is 0 Å². The van der Waals surface area contributed by atoms with Crippen LogP contribution >= 0.6 is 0 Å². The second-order valence-corrected chi connectivity index (χ2v) is 7.35. The quantitative estimate of drug-likeness (QED) is 0.266. The minimum Gasteiger partial charge on any atom is -0.507 e.